The highest BCUT2D eigenvalue weighted by Crippen LogP contribution is 2.49. The molecular weight excluding hydrogens is 256 g/mol. The Morgan fingerprint density at radius 3 is 2.20 bits per heavy atom. The maximum absolute atomic E-state index is 12.5. The van der Waals surface area contributed by atoms with E-state index in [-0.39, 0.29) is 17.9 Å². The van der Waals surface area contributed by atoms with E-state index in [0.29, 0.717) is 5.92 Å². The first kappa shape index (κ1) is 15.3. The number of amides is 1. The summed E-state index contributed by atoms with van der Waals surface area (Å²) >= 11 is 0. The van der Waals surface area contributed by atoms with Crippen molar-refractivity contribution in [2.24, 2.45) is 28.9 Å². The van der Waals surface area contributed by atoms with E-state index in [1.54, 1.807) is 0 Å². The van der Waals surface area contributed by atoms with Crippen LogP contribution in [-0.2, 0) is 9.59 Å². The molecule has 114 valence electrons. The molecule has 2 fully saturated rings. The predicted molar refractivity (Wildman–Crippen MR) is 75.9 cm³/mol. The Morgan fingerprint density at radius 2 is 1.70 bits per heavy atom. The zero-order chi connectivity index (χ0) is 15.3. The molecule has 0 aromatic heterocycles. The van der Waals surface area contributed by atoms with Crippen LogP contribution in [0.1, 0.15) is 47.0 Å². The molecule has 0 aliphatic heterocycles. The second-order valence-corrected chi connectivity index (χ2v) is 7.54. The Kier molecular flexibility index (Phi) is 3.61. The monoisotopic (exact) mass is 282 g/mol. The number of carboxylic acid groups (broad SMARTS) is 1. The van der Waals surface area contributed by atoms with E-state index in [4.69, 9.17) is 5.73 Å². The van der Waals surface area contributed by atoms with E-state index in [1.165, 1.54) is 0 Å². The van der Waals surface area contributed by atoms with Crippen LogP contribution in [0.2, 0.25) is 0 Å². The second-order valence-electron chi connectivity index (χ2n) is 7.54. The summed E-state index contributed by atoms with van der Waals surface area (Å²) in [6.45, 7) is 7.26. The van der Waals surface area contributed by atoms with Gasteiger partial charge in [0.1, 0.15) is 0 Å². The number of nitrogens with two attached hydrogens (primary N) is 1. The van der Waals surface area contributed by atoms with E-state index >= 15 is 0 Å². The van der Waals surface area contributed by atoms with Gasteiger partial charge in [-0.2, -0.15) is 0 Å². The lowest BCUT2D eigenvalue weighted by Gasteiger charge is -2.39. The van der Waals surface area contributed by atoms with Crippen molar-refractivity contribution in [3.8, 4) is 0 Å². The number of fused-ring (bicyclic) bond motifs is 2. The standard InChI is InChI=1S/C15H26N2O3/c1-14(2,15(3,4)16)13(20)17-11-9-6-5-8(7-9)10(11)12(18)19/h8-11H,5-7,16H2,1-4H3,(H,17,20)(H,18,19). The number of carboxylic acids is 1. The highest BCUT2D eigenvalue weighted by Gasteiger charge is 2.53. The normalized spacial score (nSPS) is 33.2. The highest BCUT2D eigenvalue weighted by atomic mass is 16.4. The van der Waals surface area contributed by atoms with Crippen molar-refractivity contribution in [3.05, 3.63) is 0 Å². The number of carbonyl (C=O) groups excluding carboxylic acids is 1. The van der Waals surface area contributed by atoms with Gasteiger partial charge >= 0.3 is 5.97 Å². The van der Waals surface area contributed by atoms with Crippen molar-refractivity contribution < 1.29 is 14.7 Å². The third-order valence-electron chi connectivity index (χ3n) is 5.68. The molecule has 0 aromatic rings. The fourth-order valence-corrected chi connectivity index (χ4v) is 3.48. The van der Waals surface area contributed by atoms with Crippen LogP contribution in [0.15, 0.2) is 0 Å². The summed E-state index contributed by atoms with van der Waals surface area (Å²) in [6, 6.07) is -0.236. The molecule has 1 amide bonds. The van der Waals surface area contributed by atoms with Gasteiger partial charge in [0.25, 0.3) is 0 Å². The van der Waals surface area contributed by atoms with Crippen molar-refractivity contribution in [3.63, 3.8) is 0 Å². The Morgan fingerprint density at radius 1 is 1.15 bits per heavy atom. The van der Waals surface area contributed by atoms with E-state index in [9.17, 15) is 14.7 Å². The number of hydrogen-bond donors (Lipinski definition) is 3. The minimum absolute atomic E-state index is 0.145. The minimum Gasteiger partial charge on any atom is -0.481 e. The summed E-state index contributed by atoms with van der Waals surface area (Å²) in [7, 11) is 0. The molecule has 2 bridgehead atoms. The van der Waals surface area contributed by atoms with Crippen LogP contribution in [0.3, 0.4) is 0 Å². The van der Waals surface area contributed by atoms with Gasteiger partial charge in [-0.1, -0.05) is 0 Å². The van der Waals surface area contributed by atoms with Gasteiger partial charge < -0.3 is 16.2 Å². The third-order valence-corrected chi connectivity index (χ3v) is 5.68. The van der Waals surface area contributed by atoms with Crippen LogP contribution in [0, 0.1) is 23.2 Å². The molecule has 5 nitrogen and oxygen atoms in total. The van der Waals surface area contributed by atoms with Crippen molar-refractivity contribution >= 4 is 11.9 Å². The van der Waals surface area contributed by atoms with Crippen LogP contribution < -0.4 is 11.1 Å². The van der Waals surface area contributed by atoms with E-state index in [0.717, 1.165) is 19.3 Å². The maximum atomic E-state index is 12.5. The average Bonchev–Trinajstić information content (AvgIpc) is 2.87. The highest BCUT2D eigenvalue weighted by molar-refractivity contribution is 5.84. The molecule has 4 unspecified atom stereocenters. The summed E-state index contributed by atoms with van der Waals surface area (Å²) in [5.74, 6) is -0.839. The molecule has 20 heavy (non-hydrogen) atoms. The molecule has 4 N–H and O–H groups in total. The predicted octanol–water partition coefficient (Wildman–Crippen LogP) is 1.37. The molecule has 5 heteroatoms. The zero-order valence-corrected chi connectivity index (χ0v) is 12.8. The van der Waals surface area contributed by atoms with Gasteiger partial charge in [-0.15, -0.1) is 0 Å². The minimum atomic E-state index is -0.785. The van der Waals surface area contributed by atoms with Crippen molar-refractivity contribution in [2.75, 3.05) is 0 Å². The fraction of sp³-hybridized carbons (Fsp3) is 0.867. The molecule has 2 rings (SSSR count). The van der Waals surface area contributed by atoms with Crippen LogP contribution in [0.4, 0.5) is 0 Å². The van der Waals surface area contributed by atoms with Gasteiger partial charge in [-0.05, 0) is 58.8 Å². The molecule has 0 heterocycles. The number of hydrogen-bond acceptors (Lipinski definition) is 3. The lowest BCUT2D eigenvalue weighted by Crippen LogP contribution is -2.59. The molecule has 0 saturated heterocycles. The van der Waals surface area contributed by atoms with Gasteiger partial charge in [-0.25, -0.2) is 0 Å². The van der Waals surface area contributed by atoms with Crippen molar-refractivity contribution in [1.82, 2.24) is 5.32 Å². The molecule has 2 aliphatic carbocycles. The molecule has 0 aromatic carbocycles. The van der Waals surface area contributed by atoms with Crippen LogP contribution >= 0.6 is 0 Å². The molecule has 2 aliphatic rings. The first-order valence-electron chi connectivity index (χ1n) is 7.38. The first-order chi connectivity index (χ1) is 9.05. The van der Waals surface area contributed by atoms with Crippen molar-refractivity contribution in [2.45, 2.75) is 58.5 Å². The van der Waals surface area contributed by atoms with E-state index in [1.807, 2.05) is 27.7 Å². The Balaban J connectivity index is 2.13. The molecular formula is C15H26N2O3. The summed E-state index contributed by atoms with van der Waals surface area (Å²) in [5, 5.41) is 12.4. The summed E-state index contributed by atoms with van der Waals surface area (Å²) < 4.78 is 0. The Bertz CT molecular complexity index is 425. The Hall–Kier alpha value is -1.10. The fourth-order valence-electron chi connectivity index (χ4n) is 3.48. The van der Waals surface area contributed by atoms with Crippen LogP contribution in [-0.4, -0.2) is 28.6 Å². The van der Waals surface area contributed by atoms with E-state index in [2.05, 4.69) is 5.32 Å². The van der Waals surface area contributed by atoms with Crippen LogP contribution in [0.25, 0.3) is 0 Å². The third kappa shape index (κ3) is 2.32. The number of nitrogens with one attached hydrogen (secondary N) is 1. The van der Waals surface area contributed by atoms with Crippen LogP contribution in [0.5, 0.6) is 0 Å². The van der Waals surface area contributed by atoms with Crippen molar-refractivity contribution in [1.29, 1.82) is 0 Å². The Labute approximate surface area is 120 Å². The molecule has 0 spiro atoms. The smallest absolute Gasteiger partial charge is 0.308 e. The summed E-state index contributed by atoms with van der Waals surface area (Å²) in [4.78, 5) is 24.0. The quantitative estimate of drug-likeness (QED) is 0.726. The van der Waals surface area contributed by atoms with Gasteiger partial charge in [0.15, 0.2) is 0 Å². The lowest BCUT2D eigenvalue weighted by molar-refractivity contribution is -0.145. The topological polar surface area (TPSA) is 92.4 Å². The molecule has 0 radical (unpaired) electrons. The summed E-state index contributed by atoms with van der Waals surface area (Å²) in [6.07, 6.45) is 2.92. The lowest BCUT2D eigenvalue weighted by atomic mass is 9.74. The van der Waals surface area contributed by atoms with Gasteiger partial charge in [0.05, 0.1) is 11.3 Å². The largest absolute Gasteiger partial charge is 0.481 e. The number of rotatable bonds is 4. The van der Waals surface area contributed by atoms with Gasteiger partial charge in [-0.3, -0.25) is 9.59 Å². The summed E-state index contributed by atoms with van der Waals surface area (Å²) in [5.41, 5.74) is 4.68. The maximum Gasteiger partial charge on any atom is 0.308 e. The number of carbonyl (C=O) groups is 2. The zero-order valence-electron chi connectivity index (χ0n) is 12.8. The van der Waals surface area contributed by atoms with Gasteiger partial charge in [0.2, 0.25) is 5.91 Å². The average molecular weight is 282 g/mol. The second kappa shape index (κ2) is 4.72. The first-order valence-corrected chi connectivity index (χ1v) is 7.38. The van der Waals surface area contributed by atoms with E-state index < -0.39 is 22.8 Å². The van der Waals surface area contributed by atoms with Gasteiger partial charge in [0, 0.05) is 11.6 Å². The number of aliphatic carboxylic acids is 1. The molecule has 4 atom stereocenters. The molecule has 2 saturated carbocycles. The SMILES string of the molecule is CC(C)(N)C(C)(C)C(=O)NC1C2CCC(C2)C1C(=O)O.